The molecule has 3 nitrogen and oxygen atoms in total. The molecule has 0 amide bonds. The van der Waals surface area contributed by atoms with Crippen molar-refractivity contribution in [2.45, 2.75) is 78.2 Å². The third kappa shape index (κ3) is 2.68. The van der Waals surface area contributed by atoms with Crippen LogP contribution in [0.4, 0.5) is 0 Å². The molecule has 3 heteroatoms. The fraction of sp³-hybridized carbons (Fsp3) is 0.870. The van der Waals surface area contributed by atoms with Gasteiger partial charge >= 0.3 is 0 Å². The molecule has 0 saturated heterocycles. The molecule has 146 valence electrons. The van der Waals surface area contributed by atoms with Crippen LogP contribution in [0.1, 0.15) is 72.1 Å². The third-order valence-corrected chi connectivity index (χ3v) is 8.94. The molecule has 7 unspecified atom stereocenters. The van der Waals surface area contributed by atoms with Crippen molar-refractivity contribution >= 4 is 5.71 Å². The topological polar surface area (TPSA) is 35.8 Å². The highest BCUT2D eigenvalue weighted by Crippen LogP contribution is 2.66. The third-order valence-electron chi connectivity index (χ3n) is 8.94. The van der Waals surface area contributed by atoms with E-state index in [4.69, 9.17) is 5.10 Å². The first-order valence-electron chi connectivity index (χ1n) is 10.9. The SMILES string of the molecule is C/C(=N\N(C)C)C1CCC2C3CC=C4CC(O)CCC4(C)C3CCC12C. The quantitative estimate of drug-likeness (QED) is 0.434. The molecule has 0 aromatic heterocycles. The molecule has 0 aromatic rings. The molecule has 1 N–H and O–H groups in total. The van der Waals surface area contributed by atoms with E-state index in [1.807, 2.05) is 19.1 Å². The van der Waals surface area contributed by atoms with Gasteiger partial charge in [0.05, 0.1) is 6.10 Å². The molecular weight excluding hydrogens is 320 g/mol. The number of fused-ring (bicyclic) bond motifs is 5. The van der Waals surface area contributed by atoms with Gasteiger partial charge in [0.2, 0.25) is 0 Å². The van der Waals surface area contributed by atoms with Crippen molar-refractivity contribution in [1.82, 2.24) is 5.01 Å². The van der Waals surface area contributed by atoms with E-state index in [1.54, 1.807) is 5.57 Å². The van der Waals surface area contributed by atoms with Gasteiger partial charge in [0.15, 0.2) is 0 Å². The molecule has 3 fully saturated rings. The Balaban J connectivity index is 1.62. The van der Waals surface area contributed by atoms with Gasteiger partial charge in [0.25, 0.3) is 0 Å². The van der Waals surface area contributed by atoms with Crippen LogP contribution >= 0.6 is 0 Å². The van der Waals surface area contributed by atoms with Crippen LogP contribution in [0.2, 0.25) is 0 Å². The number of hydrogen-bond donors (Lipinski definition) is 1. The molecule has 4 rings (SSSR count). The van der Waals surface area contributed by atoms with Gasteiger partial charge in [-0.25, -0.2) is 0 Å². The molecule has 0 bridgehead atoms. The minimum atomic E-state index is -0.0968. The largest absolute Gasteiger partial charge is 0.393 e. The van der Waals surface area contributed by atoms with E-state index in [2.05, 4.69) is 26.8 Å². The lowest BCUT2D eigenvalue weighted by atomic mass is 9.47. The Hall–Kier alpha value is -0.830. The number of aliphatic hydroxyl groups is 1. The molecule has 0 radical (unpaired) electrons. The molecule has 0 spiro atoms. The monoisotopic (exact) mass is 358 g/mol. The van der Waals surface area contributed by atoms with Crippen molar-refractivity contribution in [2.75, 3.05) is 14.1 Å². The van der Waals surface area contributed by atoms with E-state index in [-0.39, 0.29) is 6.10 Å². The summed E-state index contributed by atoms with van der Waals surface area (Å²) in [5.74, 6) is 3.18. The van der Waals surface area contributed by atoms with Crippen LogP contribution in [0.15, 0.2) is 16.8 Å². The maximum Gasteiger partial charge on any atom is 0.0577 e. The summed E-state index contributed by atoms with van der Waals surface area (Å²) >= 11 is 0. The van der Waals surface area contributed by atoms with Crippen LogP contribution in [0.3, 0.4) is 0 Å². The van der Waals surface area contributed by atoms with Gasteiger partial charge in [-0.15, -0.1) is 0 Å². The highest BCUT2D eigenvalue weighted by atomic mass is 16.3. The minimum Gasteiger partial charge on any atom is -0.393 e. The summed E-state index contributed by atoms with van der Waals surface area (Å²) in [6.45, 7) is 7.36. The maximum absolute atomic E-state index is 10.2. The summed E-state index contributed by atoms with van der Waals surface area (Å²) in [4.78, 5) is 0. The Kier molecular flexibility index (Phi) is 4.53. The summed E-state index contributed by atoms with van der Waals surface area (Å²) in [5, 5.41) is 16.9. The van der Waals surface area contributed by atoms with Crippen LogP contribution in [-0.4, -0.2) is 36.0 Å². The normalized spacial score (nSPS) is 48.3. The molecule has 26 heavy (non-hydrogen) atoms. The van der Waals surface area contributed by atoms with E-state index in [0.717, 1.165) is 30.6 Å². The summed E-state index contributed by atoms with van der Waals surface area (Å²) in [6, 6.07) is 0. The second-order valence-electron chi connectivity index (χ2n) is 10.4. The fourth-order valence-electron chi connectivity index (χ4n) is 7.71. The standard InChI is InChI=1S/C23H38N2O/c1-15(24-25(4)5)19-8-9-20-18-7-6-16-14-17(26)10-12-22(16,2)21(18)11-13-23(19,20)3/h6,17-21,26H,7-14H2,1-5H3/b24-15+. The highest BCUT2D eigenvalue weighted by Gasteiger charge is 2.58. The average molecular weight is 359 g/mol. The summed E-state index contributed by atoms with van der Waals surface area (Å²) < 4.78 is 0. The van der Waals surface area contributed by atoms with E-state index in [0.29, 0.717) is 16.7 Å². The number of rotatable bonds is 2. The van der Waals surface area contributed by atoms with Gasteiger partial charge in [0, 0.05) is 25.7 Å². The molecule has 7 atom stereocenters. The van der Waals surface area contributed by atoms with Crippen molar-refractivity contribution in [3.8, 4) is 0 Å². The minimum absolute atomic E-state index is 0.0968. The van der Waals surface area contributed by atoms with Gasteiger partial charge in [-0.05, 0) is 86.9 Å². The second-order valence-corrected chi connectivity index (χ2v) is 10.4. The van der Waals surface area contributed by atoms with Crippen LogP contribution in [0, 0.1) is 34.5 Å². The lowest BCUT2D eigenvalue weighted by Crippen LogP contribution is -2.51. The van der Waals surface area contributed by atoms with Crippen molar-refractivity contribution in [2.24, 2.45) is 39.6 Å². The van der Waals surface area contributed by atoms with Crippen molar-refractivity contribution in [3.63, 3.8) is 0 Å². The second kappa shape index (κ2) is 6.36. The summed E-state index contributed by atoms with van der Waals surface area (Å²) in [6.07, 6.45) is 12.2. The molecule has 4 aliphatic carbocycles. The van der Waals surface area contributed by atoms with E-state index in [1.165, 1.54) is 44.2 Å². The number of hydrogen-bond acceptors (Lipinski definition) is 3. The number of allylic oxidation sites excluding steroid dienone is 1. The van der Waals surface area contributed by atoms with Crippen molar-refractivity contribution in [3.05, 3.63) is 11.6 Å². The predicted molar refractivity (Wildman–Crippen MR) is 108 cm³/mol. The molecule has 0 aromatic carbocycles. The molecule has 0 aliphatic heterocycles. The lowest BCUT2D eigenvalue weighted by molar-refractivity contribution is -0.0424. The van der Waals surface area contributed by atoms with Gasteiger partial charge in [-0.2, -0.15) is 5.10 Å². The predicted octanol–water partition coefficient (Wildman–Crippen LogP) is 4.86. The lowest BCUT2D eigenvalue weighted by Gasteiger charge is -2.58. The number of nitrogens with zero attached hydrogens (tertiary/aromatic N) is 2. The van der Waals surface area contributed by atoms with E-state index in [9.17, 15) is 5.11 Å². The van der Waals surface area contributed by atoms with Gasteiger partial charge in [-0.3, -0.25) is 0 Å². The summed E-state index contributed by atoms with van der Waals surface area (Å²) in [5.41, 5.74) is 3.72. The van der Waals surface area contributed by atoms with Crippen LogP contribution in [-0.2, 0) is 0 Å². The first-order valence-corrected chi connectivity index (χ1v) is 10.9. The fourth-order valence-corrected chi connectivity index (χ4v) is 7.71. The molecule has 4 aliphatic rings. The first-order chi connectivity index (χ1) is 12.3. The zero-order valence-electron chi connectivity index (χ0n) is 17.5. The van der Waals surface area contributed by atoms with Gasteiger partial charge in [-0.1, -0.05) is 25.5 Å². The molecule has 0 heterocycles. The maximum atomic E-state index is 10.2. The highest BCUT2D eigenvalue weighted by molar-refractivity contribution is 5.85. The van der Waals surface area contributed by atoms with Crippen LogP contribution < -0.4 is 0 Å². The molecule has 3 saturated carbocycles. The Morgan fingerprint density at radius 2 is 1.88 bits per heavy atom. The zero-order valence-corrected chi connectivity index (χ0v) is 17.5. The van der Waals surface area contributed by atoms with Crippen molar-refractivity contribution < 1.29 is 5.11 Å². The first kappa shape index (κ1) is 18.5. The number of aliphatic hydroxyl groups excluding tert-OH is 1. The molecular formula is C23H38N2O. The zero-order chi connectivity index (χ0) is 18.7. The van der Waals surface area contributed by atoms with E-state index < -0.39 is 0 Å². The van der Waals surface area contributed by atoms with Crippen LogP contribution in [0.25, 0.3) is 0 Å². The van der Waals surface area contributed by atoms with E-state index >= 15 is 0 Å². The van der Waals surface area contributed by atoms with Gasteiger partial charge < -0.3 is 10.1 Å². The van der Waals surface area contributed by atoms with Gasteiger partial charge in [0.1, 0.15) is 0 Å². The number of hydrazone groups is 1. The Labute approximate surface area is 159 Å². The smallest absolute Gasteiger partial charge is 0.0577 e. The van der Waals surface area contributed by atoms with Crippen molar-refractivity contribution in [1.29, 1.82) is 0 Å². The Bertz CT molecular complexity index is 624. The Morgan fingerprint density at radius 1 is 1.12 bits per heavy atom. The average Bonchev–Trinajstić information content (AvgIpc) is 2.92. The summed E-state index contributed by atoms with van der Waals surface area (Å²) in [7, 11) is 4.09. The van der Waals surface area contributed by atoms with Crippen LogP contribution in [0.5, 0.6) is 0 Å². The Morgan fingerprint density at radius 3 is 2.62 bits per heavy atom.